The van der Waals surface area contributed by atoms with Crippen LogP contribution in [0.2, 0.25) is 0 Å². The van der Waals surface area contributed by atoms with Gasteiger partial charge in [0.15, 0.2) is 0 Å². The number of hydrogen-bond acceptors (Lipinski definition) is 2. The predicted octanol–water partition coefficient (Wildman–Crippen LogP) is 0.560. The summed E-state index contributed by atoms with van der Waals surface area (Å²) in [5.41, 5.74) is 4.88. The molecule has 0 radical (unpaired) electrons. The third-order valence-corrected chi connectivity index (χ3v) is 0.408. The minimum Gasteiger partial charge on any atom is -0.394 e. The SMILES string of the molecule is CC(C)(N)CO.Cl.Cl. The van der Waals surface area contributed by atoms with Gasteiger partial charge in [-0.05, 0) is 13.8 Å². The highest BCUT2D eigenvalue weighted by Crippen LogP contribution is 1.89. The van der Waals surface area contributed by atoms with Crippen LogP contribution in [-0.4, -0.2) is 17.3 Å². The van der Waals surface area contributed by atoms with E-state index >= 15 is 0 Å². The van der Waals surface area contributed by atoms with Crippen LogP contribution in [0.3, 0.4) is 0 Å². The lowest BCUT2D eigenvalue weighted by Gasteiger charge is -2.12. The molecule has 0 bridgehead atoms. The molecule has 0 aliphatic rings. The summed E-state index contributed by atoms with van der Waals surface area (Å²) in [6.07, 6.45) is 0. The zero-order valence-corrected chi connectivity index (χ0v) is 6.68. The van der Waals surface area contributed by atoms with Crippen LogP contribution >= 0.6 is 24.8 Å². The van der Waals surface area contributed by atoms with E-state index in [0.29, 0.717) is 0 Å². The molecule has 8 heavy (non-hydrogen) atoms. The van der Waals surface area contributed by atoms with Gasteiger partial charge in [0.25, 0.3) is 0 Å². The second-order valence-corrected chi connectivity index (χ2v) is 2.15. The largest absolute Gasteiger partial charge is 0.394 e. The summed E-state index contributed by atoms with van der Waals surface area (Å²) in [7, 11) is 0. The molecule has 0 fully saturated rings. The maximum atomic E-state index is 8.28. The average Bonchev–Trinajstić information content (AvgIpc) is 1.35. The molecule has 0 saturated heterocycles. The fourth-order valence-electron chi connectivity index (χ4n) is 0. The van der Waals surface area contributed by atoms with Crippen molar-refractivity contribution in [1.29, 1.82) is 0 Å². The summed E-state index contributed by atoms with van der Waals surface area (Å²) < 4.78 is 0. The van der Waals surface area contributed by atoms with Crippen LogP contribution in [-0.2, 0) is 0 Å². The van der Waals surface area contributed by atoms with Gasteiger partial charge in [-0.2, -0.15) is 0 Å². The van der Waals surface area contributed by atoms with Gasteiger partial charge in [-0.3, -0.25) is 0 Å². The lowest BCUT2D eigenvalue weighted by molar-refractivity contribution is 0.221. The first kappa shape index (κ1) is 15.8. The third kappa shape index (κ3) is 16.1. The third-order valence-electron chi connectivity index (χ3n) is 0.408. The molecule has 3 N–H and O–H groups in total. The molecule has 0 aliphatic carbocycles. The molecule has 0 rings (SSSR count). The summed E-state index contributed by atoms with van der Waals surface area (Å²) in [5.74, 6) is 0. The van der Waals surface area contributed by atoms with E-state index in [9.17, 15) is 0 Å². The summed E-state index contributed by atoms with van der Waals surface area (Å²) in [6.45, 7) is 3.59. The normalized spacial score (nSPS) is 9.00. The van der Waals surface area contributed by atoms with E-state index < -0.39 is 5.54 Å². The maximum Gasteiger partial charge on any atom is 0.0605 e. The van der Waals surface area contributed by atoms with E-state index in [4.69, 9.17) is 10.8 Å². The zero-order chi connectivity index (χ0) is 5.21. The van der Waals surface area contributed by atoms with Crippen LogP contribution in [0, 0.1) is 0 Å². The Morgan fingerprint density at radius 1 is 1.38 bits per heavy atom. The van der Waals surface area contributed by atoms with Crippen molar-refractivity contribution < 1.29 is 5.11 Å². The van der Waals surface area contributed by atoms with Crippen LogP contribution < -0.4 is 5.73 Å². The molecular formula is C4H13Cl2NO. The summed E-state index contributed by atoms with van der Waals surface area (Å²) in [5, 5.41) is 8.28. The van der Waals surface area contributed by atoms with Crippen molar-refractivity contribution in [1.82, 2.24) is 0 Å². The van der Waals surface area contributed by atoms with Crippen molar-refractivity contribution in [3.8, 4) is 0 Å². The summed E-state index contributed by atoms with van der Waals surface area (Å²) in [4.78, 5) is 0. The predicted molar refractivity (Wildman–Crippen MR) is 39.8 cm³/mol. The van der Waals surface area contributed by atoms with E-state index in [1.54, 1.807) is 13.8 Å². The second-order valence-electron chi connectivity index (χ2n) is 2.15. The Hall–Kier alpha value is 0.500. The molecule has 0 spiro atoms. The van der Waals surface area contributed by atoms with Crippen LogP contribution in [0.1, 0.15) is 13.8 Å². The lowest BCUT2D eigenvalue weighted by atomic mass is 10.1. The second kappa shape index (κ2) is 5.63. The van der Waals surface area contributed by atoms with E-state index in [1.165, 1.54) is 0 Å². The molecule has 54 valence electrons. The van der Waals surface area contributed by atoms with Crippen molar-refractivity contribution in [2.45, 2.75) is 19.4 Å². The Morgan fingerprint density at radius 2 is 1.50 bits per heavy atom. The molecule has 0 unspecified atom stereocenters. The molecule has 2 nitrogen and oxygen atoms in total. The van der Waals surface area contributed by atoms with Gasteiger partial charge in [0.1, 0.15) is 0 Å². The number of aliphatic hydroxyl groups is 1. The fourth-order valence-corrected chi connectivity index (χ4v) is 0. The van der Waals surface area contributed by atoms with Gasteiger partial charge >= 0.3 is 0 Å². The molecule has 0 amide bonds. The highest BCUT2D eigenvalue weighted by Gasteiger charge is 2.05. The Kier molecular flexibility index (Phi) is 11.1. The highest BCUT2D eigenvalue weighted by atomic mass is 35.5. The molecule has 0 aromatic heterocycles. The summed E-state index contributed by atoms with van der Waals surface area (Å²) in [6, 6.07) is 0. The van der Waals surface area contributed by atoms with Crippen molar-refractivity contribution in [3.05, 3.63) is 0 Å². The smallest absolute Gasteiger partial charge is 0.0605 e. The highest BCUT2D eigenvalue weighted by molar-refractivity contribution is 5.85. The molecule has 0 saturated carbocycles. The van der Waals surface area contributed by atoms with E-state index in [0.717, 1.165) is 0 Å². The van der Waals surface area contributed by atoms with Gasteiger partial charge in [0.05, 0.1) is 6.61 Å². The van der Waals surface area contributed by atoms with E-state index in [2.05, 4.69) is 0 Å². The van der Waals surface area contributed by atoms with Gasteiger partial charge < -0.3 is 10.8 Å². The van der Waals surface area contributed by atoms with Crippen LogP contribution in [0.15, 0.2) is 0 Å². The average molecular weight is 162 g/mol. The Balaban J connectivity index is -0.000000125. The van der Waals surface area contributed by atoms with Gasteiger partial charge in [0, 0.05) is 5.54 Å². The number of halogens is 2. The molecule has 0 aliphatic heterocycles. The van der Waals surface area contributed by atoms with Crippen molar-refractivity contribution >= 4 is 24.8 Å². The molecule has 4 heteroatoms. The lowest BCUT2D eigenvalue weighted by Crippen LogP contribution is -2.35. The molecule has 0 aromatic rings. The minimum atomic E-state index is -0.403. The Bertz CT molecular complexity index is 43.8. The first-order valence-corrected chi connectivity index (χ1v) is 1.96. The Morgan fingerprint density at radius 3 is 1.50 bits per heavy atom. The first-order valence-electron chi connectivity index (χ1n) is 1.96. The first-order chi connectivity index (χ1) is 2.56. The molecular weight excluding hydrogens is 149 g/mol. The van der Waals surface area contributed by atoms with Gasteiger partial charge in [-0.15, -0.1) is 24.8 Å². The molecule has 0 aromatic carbocycles. The quantitative estimate of drug-likeness (QED) is 0.591. The van der Waals surface area contributed by atoms with Crippen molar-refractivity contribution in [3.63, 3.8) is 0 Å². The van der Waals surface area contributed by atoms with Gasteiger partial charge in [0.2, 0.25) is 0 Å². The van der Waals surface area contributed by atoms with Crippen molar-refractivity contribution in [2.75, 3.05) is 6.61 Å². The van der Waals surface area contributed by atoms with Crippen molar-refractivity contribution in [2.24, 2.45) is 5.73 Å². The standard InChI is InChI=1S/C4H11NO.2ClH/c1-4(2,5)3-6;;/h6H,3,5H2,1-2H3;2*1H. The maximum absolute atomic E-state index is 8.28. The fraction of sp³-hybridized carbons (Fsp3) is 1.00. The zero-order valence-electron chi connectivity index (χ0n) is 5.05. The number of hydrogen-bond donors (Lipinski definition) is 2. The van der Waals surface area contributed by atoms with E-state index in [-0.39, 0.29) is 31.4 Å². The number of rotatable bonds is 1. The topological polar surface area (TPSA) is 46.2 Å². The van der Waals surface area contributed by atoms with Gasteiger partial charge in [-0.25, -0.2) is 0 Å². The number of aliphatic hydroxyl groups excluding tert-OH is 1. The van der Waals surface area contributed by atoms with Crippen LogP contribution in [0.5, 0.6) is 0 Å². The minimum absolute atomic E-state index is 0. The van der Waals surface area contributed by atoms with Gasteiger partial charge in [-0.1, -0.05) is 0 Å². The van der Waals surface area contributed by atoms with Crippen LogP contribution in [0.25, 0.3) is 0 Å². The number of nitrogens with two attached hydrogens (primary N) is 1. The molecule has 0 heterocycles. The van der Waals surface area contributed by atoms with Crippen LogP contribution in [0.4, 0.5) is 0 Å². The monoisotopic (exact) mass is 161 g/mol. The Labute approximate surface area is 62.3 Å². The molecule has 0 atom stereocenters. The van der Waals surface area contributed by atoms with E-state index in [1.807, 2.05) is 0 Å². The summed E-state index contributed by atoms with van der Waals surface area (Å²) >= 11 is 0.